The Kier molecular flexibility index (Phi) is 16.9. The number of nitrogens with two attached hydrogens (primary N) is 2. The van der Waals surface area contributed by atoms with Gasteiger partial charge in [0.1, 0.15) is 56.4 Å². The van der Waals surface area contributed by atoms with E-state index in [1.807, 2.05) is 6.92 Å². The fourth-order valence-electron chi connectivity index (χ4n) is 3.05. The van der Waals surface area contributed by atoms with Crippen molar-refractivity contribution < 1.29 is 43.1 Å². The number of nitrogens with one attached hydrogen (secondary N) is 1. The smallest absolute Gasteiger partial charge is 0.433 e. The first-order valence-electron chi connectivity index (χ1n) is 13.1. The van der Waals surface area contributed by atoms with Crippen molar-refractivity contribution in [2.75, 3.05) is 49.4 Å². The number of thioether (sulfide) groups is 1. The molecule has 18 heteroatoms. The summed E-state index contributed by atoms with van der Waals surface area (Å²) in [4.78, 5) is 39.2. The number of hydrogen-bond acceptors (Lipinski definition) is 17. The van der Waals surface area contributed by atoms with E-state index < -0.39 is 35.9 Å². The molecule has 1 saturated heterocycles. The molecule has 5 atom stereocenters. The van der Waals surface area contributed by atoms with Crippen molar-refractivity contribution >= 4 is 51.5 Å². The Bertz CT molecular complexity index is 1060. The average molecular weight is 654 g/mol. The summed E-state index contributed by atoms with van der Waals surface area (Å²) in [7, 11) is 2.90. The number of anilines is 1. The topological polar surface area (TPSA) is 209 Å². The summed E-state index contributed by atoms with van der Waals surface area (Å²) in [5, 5.41) is 12.3. The number of aliphatic hydroxyl groups excluding tert-OH is 1. The Hall–Kier alpha value is -2.35. The van der Waals surface area contributed by atoms with Crippen LogP contribution in [-0.2, 0) is 28.4 Å². The highest BCUT2D eigenvalue weighted by Gasteiger charge is 2.29. The van der Waals surface area contributed by atoms with Crippen LogP contribution in [0.1, 0.15) is 33.4 Å². The second kappa shape index (κ2) is 19.8. The van der Waals surface area contributed by atoms with Gasteiger partial charge in [-0.3, -0.25) is 4.57 Å². The molecule has 238 valence electrons. The summed E-state index contributed by atoms with van der Waals surface area (Å²) in [6.45, 7) is 5.65. The molecule has 2 rings (SSSR count). The summed E-state index contributed by atoms with van der Waals surface area (Å²) in [6, 6.07) is 1.51. The van der Waals surface area contributed by atoms with Gasteiger partial charge in [-0.25, -0.2) is 14.4 Å². The van der Waals surface area contributed by atoms with Crippen LogP contribution in [0.2, 0.25) is 0 Å². The van der Waals surface area contributed by atoms with Gasteiger partial charge in [-0.1, -0.05) is 28.5 Å². The van der Waals surface area contributed by atoms with Gasteiger partial charge in [0, 0.05) is 29.7 Å². The second-order valence-electron chi connectivity index (χ2n) is 8.70. The van der Waals surface area contributed by atoms with Gasteiger partial charge >= 0.3 is 18.0 Å². The quantitative estimate of drug-likeness (QED) is 0.0773. The van der Waals surface area contributed by atoms with Crippen molar-refractivity contribution in [3.8, 4) is 0 Å². The van der Waals surface area contributed by atoms with Gasteiger partial charge in [-0.05, 0) is 31.9 Å². The molecule has 0 spiro atoms. The Balaban J connectivity index is 1.45. The van der Waals surface area contributed by atoms with Gasteiger partial charge < -0.3 is 50.3 Å². The molecule has 1 aliphatic rings. The number of nitrogen functional groups attached to an aromatic ring is 1. The third kappa shape index (κ3) is 14.2. The molecular formula is C24H39N5O10S3. The third-order valence-corrected chi connectivity index (χ3v) is 8.69. The Morgan fingerprint density at radius 3 is 2.55 bits per heavy atom. The van der Waals surface area contributed by atoms with Gasteiger partial charge in [0.2, 0.25) is 0 Å². The maximum atomic E-state index is 11.9. The van der Waals surface area contributed by atoms with E-state index in [2.05, 4.69) is 10.3 Å². The molecule has 0 saturated carbocycles. The molecule has 0 aliphatic carbocycles. The summed E-state index contributed by atoms with van der Waals surface area (Å²) in [5.74, 6) is 1.65. The van der Waals surface area contributed by atoms with E-state index in [-0.39, 0.29) is 44.6 Å². The van der Waals surface area contributed by atoms with Crippen molar-refractivity contribution in [2.24, 2.45) is 5.73 Å². The van der Waals surface area contributed by atoms with Crippen molar-refractivity contribution in [3.05, 3.63) is 34.5 Å². The zero-order chi connectivity index (χ0) is 30.9. The molecule has 1 aliphatic heterocycles. The second-order valence-corrected chi connectivity index (χ2v) is 12.6. The number of nitrogens with zero attached hydrogens (tertiary/aromatic N) is 2. The van der Waals surface area contributed by atoms with E-state index in [1.54, 1.807) is 20.0 Å². The Morgan fingerprint density at radius 2 is 1.93 bits per heavy atom. The number of aliphatic hydroxyl groups is 1. The van der Waals surface area contributed by atoms with E-state index in [9.17, 15) is 19.5 Å². The third-order valence-electron chi connectivity index (χ3n) is 5.26. The molecule has 42 heavy (non-hydrogen) atoms. The van der Waals surface area contributed by atoms with E-state index in [0.29, 0.717) is 29.3 Å². The lowest BCUT2D eigenvalue weighted by molar-refractivity contribution is -0.0526. The average Bonchev–Trinajstić information content (AvgIpc) is 3.42. The van der Waals surface area contributed by atoms with Crippen molar-refractivity contribution in [1.29, 1.82) is 0 Å². The first kappa shape index (κ1) is 35.8. The number of hydrogen-bond donors (Lipinski definition) is 4. The number of aromatic nitrogens is 2. The van der Waals surface area contributed by atoms with Crippen LogP contribution in [0, 0.1) is 0 Å². The molecule has 1 fully saturated rings. The predicted molar refractivity (Wildman–Crippen MR) is 161 cm³/mol. The van der Waals surface area contributed by atoms with Gasteiger partial charge in [0.15, 0.2) is 0 Å². The van der Waals surface area contributed by atoms with Gasteiger partial charge in [0.25, 0.3) is 0 Å². The molecule has 0 radical (unpaired) electrons. The fourth-order valence-corrected chi connectivity index (χ4v) is 5.69. The maximum Gasteiger partial charge on any atom is 0.508 e. The molecule has 0 amide bonds. The van der Waals surface area contributed by atoms with E-state index in [1.165, 1.54) is 50.2 Å². The zero-order valence-corrected chi connectivity index (χ0v) is 26.1. The number of carbonyl (C=O) groups excluding carboxylic acids is 2. The largest absolute Gasteiger partial charge is 0.508 e. The van der Waals surface area contributed by atoms with Crippen LogP contribution in [0.3, 0.4) is 0 Å². The SMILES string of the molecule is CCC(N/C=C(/C)C(N)O)OC(C)COC(=O)OCCSSCCOC(=O)OCC1OC(n2ccc(N)nc2=O)CS1. The molecule has 15 nitrogen and oxygen atoms in total. The Labute approximate surface area is 256 Å². The molecule has 2 heterocycles. The highest BCUT2D eigenvalue weighted by Crippen LogP contribution is 2.31. The molecular weight excluding hydrogens is 614 g/mol. The normalized spacial score (nSPS) is 19.0. The van der Waals surface area contributed by atoms with Crippen molar-refractivity contribution in [3.63, 3.8) is 0 Å². The Morgan fingerprint density at radius 1 is 1.26 bits per heavy atom. The van der Waals surface area contributed by atoms with Crippen LogP contribution in [0.15, 0.2) is 28.8 Å². The minimum atomic E-state index is -1.05. The monoisotopic (exact) mass is 653 g/mol. The van der Waals surface area contributed by atoms with Crippen LogP contribution in [-0.4, -0.2) is 94.7 Å². The van der Waals surface area contributed by atoms with E-state index in [4.69, 9.17) is 39.9 Å². The minimum Gasteiger partial charge on any atom is -0.433 e. The van der Waals surface area contributed by atoms with Crippen molar-refractivity contribution in [2.45, 2.75) is 57.4 Å². The van der Waals surface area contributed by atoms with Crippen LogP contribution >= 0.6 is 33.3 Å². The number of rotatable bonds is 18. The maximum absolute atomic E-state index is 11.9. The lowest BCUT2D eigenvalue weighted by atomic mass is 10.3. The van der Waals surface area contributed by atoms with E-state index in [0.717, 1.165) is 0 Å². The summed E-state index contributed by atoms with van der Waals surface area (Å²) >= 11 is 1.41. The zero-order valence-electron chi connectivity index (χ0n) is 23.7. The number of ether oxygens (including phenoxy) is 6. The van der Waals surface area contributed by atoms with Crippen LogP contribution in [0.4, 0.5) is 15.4 Å². The molecule has 0 bridgehead atoms. The first-order chi connectivity index (χ1) is 20.1. The van der Waals surface area contributed by atoms with Crippen molar-refractivity contribution in [1.82, 2.24) is 14.9 Å². The summed E-state index contributed by atoms with van der Waals surface area (Å²) in [5.41, 5.74) is 10.5. The predicted octanol–water partition coefficient (Wildman–Crippen LogP) is 2.01. The van der Waals surface area contributed by atoms with Crippen LogP contribution in [0.5, 0.6) is 0 Å². The molecule has 1 aromatic heterocycles. The summed E-state index contributed by atoms with van der Waals surface area (Å²) < 4.78 is 33.0. The number of carbonyl (C=O) groups is 2. The van der Waals surface area contributed by atoms with Gasteiger partial charge in [0.05, 0.1) is 6.10 Å². The van der Waals surface area contributed by atoms with Crippen LogP contribution in [0.25, 0.3) is 0 Å². The molecule has 5 unspecified atom stereocenters. The summed E-state index contributed by atoms with van der Waals surface area (Å²) in [6.07, 6.45) is -0.165. The molecule has 0 aromatic carbocycles. The first-order valence-corrected chi connectivity index (χ1v) is 16.6. The highest BCUT2D eigenvalue weighted by atomic mass is 33.1. The van der Waals surface area contributed by atoms with Crippen LogP contribution < -0.4 is 22.5 Å². The fraction of sp³-hybridized carbons (Fsp3) is 0.667. The highest BCUT2D eigenvalue weighted by molar-refractivity contribution is 8.76. The minimum absolute atomic E-state index is 0.0147. The lowest BCUT2D eigenvalue weighted by Gasteiger charge is -2.22. The standard InChI is InChI=1S/C24H39N5O10S3/c1-4-18(27-11-15(2)21(26)30)38-16(3)12-36-23(32)34-7-9-41-42-10-8-35-24(33)37-13-20-39-19(14-40-20)29-6-5-17(25)28-22(29)31/h5-6,11,16,18-21,27,30H,4,7-10,12-14,26H2,1-3H3,(H2,25,28,31)/b15-11-. The van der Waals surface area contributed by atoms with Gasteiger partial charge in [-0.2, -0.15) is 4.98 Å². The molecule has 1 aromatic rings. The lowest BCUT2D eigenvalue weighted by Crippen LogP contribution is -2.34. The van der Waals surface area contributed by atoms with Gasteiger partial charge in [-0.15, -0.1) is 11.8 Å². The van der Waals surface area contributed by atoms with E-state index >= 15 is 0 Å². The molecule has 6 N–H and O–H groups in total.